The fourth-order valence-electron chi connectivity index (χ4n) is 3.17. The van der Waals surface area contributed by atoms with E-state index in [4.69, 9.17) is 9.47 Å². The van der Waals surface area contributed by atoms with Crippen LogP contribution in [0.3, 0.4) is 0 Å². The standard InChI is InChI=1S/C26H31NO2/c1-4-6-16-28-25-14-13-22(19-26(25)29-17-7-5-2)21-12-11-20(3)23(18-21)24-10-8-9-15-27-24/h8-15,18-19H,4-7,16-17H2,1-3H3. The summed E-state index contributed by atoms with van der Waals surface area (Å²) in [4.78, 5) is 4.52. The van der Waals surface area contributed by atoms with Crippen molar-refractivity contribution in [1.82, 2.24) is 4.98 Å². The molecule has 0 aliphatic carbocycles. The van der Waals surface area contributed by atoms with Gasteiger partial charge in [0.1, 0.15) is 0 Å². The van der Waals surface area contributed by atoms with E-state index in [0.29, 0.717) is 13.2 Å². The molecule has 0 unspecified atom stereocenters. The van der Waals surface area contributed by atoms with Crippen LogP contribution in [0.1, 0.15) is 45.1 Å². The Hall–Kier alpha value is -2.81. The quantitative estimate of drug-likeness (QED) is 0.347. The molecule has 29 heavy (non-hydrogen) atoms. The van der Waals surface area contributed by atoms with Crippen molar-refractivity contribution in [2.45, 2.75) is 46.5 Å². The Kier molecular flexibility index (Phi) is 7.69. The Morgan fingerprint density at radius 2 is 1.45 bits per heavy atom. The molecule has 1 aromatic heterocycles. The highest BCUT2D eigenvalue weighted by molar-refractivity contribution is 5.75. The lowest BCUT2D eigenvalue weighted by Gasteiger charge is -2.15. The molecule has 0 bridgehead atoms. The van der Waals surface area contributed by atoms with Crippen molar-refractivity contribution >= 4 is 0 Å². The monoisotopic (exact) mass is 389 g/mol. The van der Waals surface area contributed by atoms with Gasteiger partial charge >= 0.3 is 0 Å². The molecule has 0 amide bonds. The van der Waals surface area contributed by atoms with Crippen LogP contribution >= 0.6 is 0 Å². The van der Waals surface area contributed by atoms with Crippen LogP contribution in [0.2, 0.25) is 0 Å². The number of hydrogen-bond acceptors (Lipinski definition) is 3. The average Bonchev–Trinajstić information content (AvgIpc) is 2.76. The van der Waals surface area contributed by atoms with Crippen LogP contribution in [0, 0.1) is 6.92 Å². The molecule has 0 aliphatic heterocycles. The van der Waals surface area contributed by atoms with E-state index in [1.807, 2.05) is 24.4 Å². The normalized spacial score (nSPS) is 10.7. The van der Waals surface area contributed by atoms with Gasteiger partial charge in [-0.3, -0.25) is 4.98 Å². The van der Waals surface area contributed by atoms with Crippen molar-refractivity contribution < 1.29 is 9.47 Å². The Labute approximate surface area is 174 Å². The molecule has 0 aliphatic rings. The van der Waals surface area contributed by atoms with Crippen molar-refractivity contribution in [3.8, 4) is 33.9 Å². The summed E-state index contributed by atoms with van der Waals surface area (Å²) in [5.41, 5.74) is 5.63. The first-order chi connectivity index (χ1) is 14.2. The second-order valence-electron chi connectivity index (χ2n) is 7.31. The van der Waals surface area contributed by atoms with Gasteiger partial charge in [-0.05, 0) is 66.8 Å². The Morgan fingerprint density at radius 1 is 0.759 bits per heavy atom. The third-order valence-electron chi connectivity index (χ3n) is 4.97. The van der Waals surface area contributed by atoms with E-state index in [9.17, 15) is 0 Å². The van der Waals surface area contributed by atoms with Gasteiger partial charge < -0.3 is 9.47 Å². The van der Waals surface area contributed by atoms with E-state index in [1.54, 1.807) is 0 Å². The topological polar surface area (TPSA) is 31.4 Å². The molecule has 0 atom stereocenters. The van der Waals surface area contributed by atoms with Gasteiger partial charge in [0.05, 0.1) is 18.9 Å². The van der Waals surface area contributed by atoms with E-state index in [1.165, 1.54) is 5.56 Å². The number of benzene rings is 2. The first-order valence-electron chi connectivity index (χ1n) is 10.6. The largest absolute Gasteiger partial charge is 0.490 e. The molecule has 0 radical (unpaired) electrons. The minimum absolute atomic E-state index is 0.706. The summed E-state index contributed by atoms with van der Waals surface area (Å²) in [5.74, 6) is 1.65. The predicted octanol–water partition coefficient (Wildman–Crippen LogP) is 7.08. The van der Waals surface area contributed by atoms with Crippen molar-refractivity contribution in [3.63, 3.8) is 0 Å². The minimum Gasteiger partial charge on any atom is -0.490 e. The number of ether oxygens (including phenoxy) is 2. The number of nitrogens with zero attached hydrogens (tertiary/aromatic N) is 1. The molecule has 3 aromatic rings. The van der Waals surface area contributed by atoms with Gasteiger partial charge in [0.15, 0.2) is 11.5 Å². The predicted molar refractivity (Wildman–Crippen MR) is 121 cm³/mol. The van der Waals surface area contributed by atoms with Gasteiger partial charge in [0, 0.05) is 11.8 Å². The lowest BCUT2D eigenvalue weighted by molar-refractivity contribution is 0.262. The Morgan fingerprint density at radius 3 is 2.14 bits per heavy atom. The summed E-state index contributed by atoms with van der Waals surface area (Å²) in [6.45, 7) is 7.88. The fraction of sp³-hybridized carbons (Fsp3) is 0.346. The molecule has 0 saturated carbocycles. The highest BCUT2D eigenvalue weighted by Gasteiger charge is 2.11. The SMILES string of the molecule is CCCCOc1ccc(-c2ccc(C)c(-c3ccccn3)c2)cc1OCCCC. The lowest BCUT2D eigenvalue weighted by atomic mass is 9.97. The van der Waals surface area contributed by atoms with E-state index in [0.717, 1.165) is 59.6 Å². The first-order valence-corrected chi connectivity index (χ1v) is 10.6. The van der Waals surface area contributed by atoms with Crippen molar-refractivity contribution in [2.75, 3.05) is 13.2 Å². The highest BCUT2D eigenvalue weighted by Crippen LogP contribution is 2.35. The summed E-state index contributed by atoms with van der Waals surface area (Å²) in [7, 11) is 0. The number of unbranched alkanes of at least 4 members (excludes halogenated alkanes) is 2. The number of aryl methyl sites for hydroxylation is 1. The summed E-state index contributed by atoms with van der Waals surface area (Å²) in [6, 6.07) is 18.8. The van der Waals surface area contributed by atoms with Gasteiger partial charge in [-0.2, -0.15) is 0 Å². The third kappa shape index (κ3) is 5.60. The second-order valence-corrected chi connectivity index (χ2v) is 7.31. The molecular weight excluding hydrogens is 358 g/mol. The summed E-state index contributed by atoms with van der Waals surface area (Å²) in [5, 5.41) is 0. The maximum Gasteiger partial charge on any atom is 0.161 e. The van der Waals surface area contributed by atoms with Gasteiger partial charge in [-0.25, -0.2) is 0 Å². The van der Waals surface area contributed by atoms with Crippen LogP contribution < -0.4 is 9.47 Å². The molecule has 1 heterocycles. The number of rotatable bonds is 10. The number of hydrogen-bond donors (Lipinski definition) is 0. The molecule has 0 N–H and O–H groups in total. The number of pyridine rings is 1. The second kappa shape index (κ2) is 10.7. The van der Waals surface area contributed by atoms with Crippen molar-refractivity contribution in [3.05, 3.63) is 66.4 Å². The summed E-state index contributed by atoms with van der Waals surface area (Å²) >= 11 is 0. The van der Waals surface area contributed by atoms with Gasteiger partial charge in [-0.1, -0.05) is 51.0 Å². The van der Waals surface area contributed by atoms with Crippen LogP contribution in [0.15, 0.2) is 60.8 Å². The third-order valence-corrected chi connectivity index (χ3v) is 4.97. The van der Waals surface area contributed by atoms with Crippen LogP contribution in [0.5, 0.6) is 11.5 Å². The fourth-order valence-corrected chi connectivity index (χ4v) is 3.17. The van der Waals surface area contributed by atoms with E-state index in [2.05, 4.69) is 62.2 Å². The smallest absolute Gasteiger partial charge is 0.161 e. The van der Waals surface area contributed by atoms with Crippen LogP contribution in [-0.2, 0) is 0 Å². The Balaban J connectivity index is 1.92. The van der Waals surface area contributed by atoms with Crippen LogP contribution in [-0.4, -0.2) is 18.2 Å². The van der Waals surface area contributed by atoms with Crippen LogP contribution in [0.4, 0.5) is 0 Å². The zero-order valence-corrected chi connectivity index (χ0v) is 17.8. The molecule has 0 saturated heterocycles. The Bertz CT molecular complexity index is 906. The van der Waals surface area contributed by atoms with Crippen molar-refractivity contribution in [1.29, 1.82) is 0 Å². The van der Waals surface area contributed by atoms with Crippen LogP contribution in [0.25, 0.3) is 22.4 Å². The minimum atomic E-state index is 0.706. The lowest BCUT2D eigenvalue weighted by Crippen LogP contribution is -2.02. The number of aromatic nitrogens is 1. The summed E-state index contributed by atoms with van der Waals surface area (Å²) in [6.07, 6.45) is 6.14. The molecule has 152 valence electrons. The molecule has 0 fully saturated rings. The summed E-state index contributed by atoms with van der Waals surface area (Å²) < 4.78 is 12.0. The van der Waals surface area contributed by atoms with Gasteiger partial charge in [0.25, 0.3) is 0 Å². The maximum absolute atomic E-state index is 6.07. The average molecular weight is 390 g/mol. The maximum atomic E-state index is 6.07. The van der Waals surface area contributed by atoms with E-state index >= 15 is 0 Å². The first kappa shape index (κ1) is 20.9. The molecular formula is C26H31NO2. The zero-order chi connectivity index (χ0) is 20.5. The molecule has 3 nitrogen and oxygen atoms in total. The highest BCUT2D eigenvalue weighted by atomic mass is 16.5. The van der Waals surface area contributed by atoms with Gasteiger partial charge in [-0.15, -0.1) is 0 Å². The van der Waals surface area contributed by atoms with E-state index in [-0.39, 0.29) is 0 Å². The van der Waals surface area contributed by atoms with Gasteiger partial charge in [0.2, 0.25) is 0 Å². The molecule has 3 heteroatoms. The molecule has 2 aromatic carbocycles. The zero-order valence-electron chi connectivity index (χ0n) is 17.8. The van der Waals surface area contributed by atoms with E-state index < -0.39 is 0 Å². The molecule has 3 rings (SSSR count). The van der Waals surface area contributed by atoms with Crippen molar-refractivity contribution in [2.24, 2.45) is 0 Å². The molecule has 0 spiro atoms.